The van der Waals surface area contributed by atoms with Crippen molar-refractivity contribution in [2.75, 3.05) is 6.54 Å². The van der Waals surface area contributed by atoms with Crippen molar-refractivity contribution in [3.8, 4) is 17.2 Å². The summed E-state index contributed by atoms with van der Waals surface area (Å²) >= 11 is 17.7. The topological polar surface area (TPSA) is 70.8 Å². The molecular weight excluding hydrogens is 441 g/mol. The molecule has 0 heterocycles. The van der Waals surface area contributed by atoms with Gasteiger partial charge >= 0.3 is 12.5 Å². The predicted molar refractivity (Wildman–Crippen MR) is 111 cm³/mol. The Morgan fingerprint density at radius 2 is 0.931 bits per heavy atom. The number of hydrogen-bond donors (Lipinski definition) is 0. The molecule has 0 amide bonds. The summed E-state index contributed by atoms with van der Waals surface area (Å²) in [5, 5.41) is 12.9. The maximum Gasteiger partial charge on any atom is 0.486 e. The summed E-state index contributed by atoms with van der Waals surface area (Å²) in [6, 6.07) is 18.8. The summed E-state index contributed by atoms with van der Waals surface area (Å²) in [5.74, 6) is -1.32. The molecule has 0 fully saturated rings. The van der Waals surface area contributed by atoms with Gasteiger partial charge in [-0.15, -0.1) is 0 Å². The normalized spacial score (nSPS) is 11.0. The van der Waals surface area contributed by atoms with Crippen molar-refractivity contribution in [3.05, 3.63) is 98.0 Å². The van der Waals surface area contributed by atoms with Crippen molar-refractivity contribution in [2.24, 2.45) is 0 Å². The van der Waals surface area contributed by atoms with E-state index in [2.05, 4.69) is 0 Å². The van der Waals surface area contributed by atoms with E-state index in [9.17, 15) is 10.1 Å². The van der Waals surface area contributed by atoms with Crippen LogP contribution in [0.1, 0.15) is 0 Å². The molecule has 0 aliphatic rings. The van der Waals surface area contributed by atoms with Gasteiger partial charge < -0.3 is 14.2 Å². The lowest BCUT2D eigenvalue weighted by Gasteiger charge is -2.30. The molecule has 0 aliphatic carbocycles. The molecule has 0 bridgehead atoms. The lowest BCUT2D eigenvalue weighted by molar-refractivity contribution is -0.530. The molecule has 0 radical (unpaired) electrons. The third-order valence-corrected chi connectivity index (χ3v) is 4.34. The number of halogens is 3. The fraction of sp³-hybridized carbons (Fsp3) is 0.100. The average molecular weight is 455 g/mol. The highest BCUT2D eigenvalue weighted by Crippen LogP contribution is 2.29. The average Bonchev–Trinajstić information content (AvgIpc) is 2.67. The second-order valence-corrected chi connectivity index (χ2v) is 7.15. The minimum atomic E-state index is -2.11. The van der Waals surface area contributed by atoms with E-state index in [1.54, 1.807) is 72.8 Å². The molecule has 0 saturated heterocycles. The predicted octanol–water partition coefficient (Wildman–Crippen LogP) is 6.11. The molecule has 9 heteroatoms. The monoisotopic (exact) mass is 453 g/mol. The maximum absolute atomic E-state index is 11.5. The van der Waals surface area contributed by atoms with Crippen LogP contribution in [0, 0.1) is 10.1 Å². The van der Waals surface area contributed by atoms with Gasteiger partial charge in [0.15, 0.2) is 0 Å². The van der Waals surface area contributed by atoms with Gasteiger partial charge in [-0.1, -0.05) is 34.8 Å². The molecular formula is C20H14Cl3NO5. The zero-order valence-electron chi connectivity index (χ0n) is 14.8. The zero-order valence-corrected chi connectivity index (χ0v) is 17.0. The SMILES string of the molecule is O=[N+]([O-])CC(Oc1ccc(Cl)cc1)(Oc1ccc(Cl)cc1)Oc1ccc(Cl)cc1. The largest absolute Gasteiger partial charge is 0.486 e. The van der Waals surface area contributed by atoms with Crippen molar-refractivity contribution in [2.45, 2.75) is 5.97 Å². The van der Waals surface area contributed by atoms with Gasteiger partial charge in [0.2, 0.25) is 0 Å². The standard InChI is InChI=1S/C20H14Cl3NO5/c21-14-1-7-17(8-2-14)27-20(13-24(25)26,28-18-9-3-15(22)4-10-18)29-19-11-5-16(23)6-12-19/h1-12H,13H2. The van der Waals surface area contributed by atoms with Crippen LogP contribution >= 0.6 is 34.8 Å². The second kappa shape index (κ2) is 9.22. The van der Waals surface area contributed by atoms with Gasteiger partial charge in [-0.05, 0) is 72.8 Å². The number of rotatable bonds is 8. The molecule has 0 N–H and O–H groups in total. The summed E-state index contributed by atoms with van der Waals surface area (Å²) < 4.78 is 17.5. The Bertz CT molecular complexity index is 847. The first-order valence-corrected chi connectivity index (χ1v) is 9.42. The molecule has 0 unspecified atom stereocenters. The van der Waals surface area contributed by atoms with Crippen LogP contribution in [0.25, 0.3) is 0 Å². The molecule has 0 atom stereocenters. The van der Waals surface area contributed by atoms with E-state index in [0.29, 0.717) is 15.1 Å². The number of nitrogens with zero attached hydrogens (tertiary/aromatic N) is 1. The van der Waals surface area contributed by atoms with E-state index < -0.39 is 17.4 Å². The Hall–Kier alpha value is -2.67. The minimum Gasteiger partial charge on any atom is -0.416 e. The summed E-state index contributed by atoms with van der Waals surface area (Å²) in [4.78, 5) is 10.9. The van der Waals surface area contributed by atoms with Gasteiger partial charge in [0.1, 0.15) is 17.2 Å². The summed E-state index contributed by atoms with van der Waals surface area (Å²) in [5.41, 5.74) is 0. The molecule has 3 aromatic rings. The Morgan fingerprint density at radius 3 is 1.17 bits per heavy atom. The molecule has 0 saturated carbocycles. The number of benzene rings is 3. The highest BCUT2D eigenvalue weighted by molar-refractivity contribution is 6.31. The molecule has 0 aliphatic heterocycles. The van der Waals surface area contributed by atoms with Crippen LogP contribution in [0.4, 0.5) is 0 Å². The maximum atomic E-state index is 11.5. The van der Waals surface area contributed by atoms with E-state index in [4.69, 9.17) is 49.0 Å². The quantitative estimate of drug-likeness (QED) is 0.233. The first-order valence-electron chi connectivity index (χ1n) is 8.29. The van der Waals surface area contributed by atoms with Gasteiger partial charge in [0, 0.05) is 20.0 Å². The smallest absolute Gasteiger partial charge is 0.416 e. The van der Waals surface area contributed by atoms with Crippen LogP contribution in [-0.2, 0) is 0 Å². The van der Waals surface area contributed by atoms with Crippen LogP contribution in [0.15, 0.2) is 72.8 Å². The summed E-state index contributed by atoms with van der Waals surface area (Å²) in [6.07, 6.45) is 0. The first kappa shape index (κ1) is 21.0. The van der Waals surface area contributed by atoms with Crippen molar-refractivity contribution in [3.63, 3.8) is 0 Å². The molecule has 3 rings (SSSR count). The molecule has 0 spiro atoms. The van der Waals surface area contributed by atoms with E-state index in [1.165, 1.54) is 0 Å². The van der Waals surface area contributed by atoms with Crippen LogP contribution < -0.4 is 14.2 Å². The van der Waals surface area contributed by atoms with Crippen molar-refractivity contribution >= 4 is 34.8 Å². The Labute approximate surface area is 181 Å². The van der Waals surface area contributed by atoms with Gasteiger partial charge in [-0.2, -0.15) is 0 Å². The number of ether oxygens (including phenoxy) is 3. The lowest BCUT2D eigenvalue weighted by atomic mass is 10.3. The summed E-state index contributed by atoms with van der Waals surface area (Å²) in [6.45, 7) is -0.819. The van der Waals surface area contributed by atoms with Crippen LogP contribution in [0.3, 0.4) is 0 Å². The molecule has 3 aromatic carbocycles. The van der Waals surface area contributed by atoms with Crippen LogP contribution in [0.2, 0.25) is 15.1 Å². The van der Waals surface area contributed by atoms with Crippen molar-refractivity contribution < 1.29 is 19.1 Å². The molecule has 6 nitrogen and oxygen atoms in total. The van der Waals surface area contributed by atoms with Crippen molar-refractivity contribution in [1.82, 2.24) is 0 Å². The van der Waals surface area contributed by atoms with Crippen molar-refractivity contribution in [1.29, 1.82) is 0 Å². The van der Waals surface area contributed by atoms with E-state index in [0.717, 1.165) is 0 Å². The van der Waals surface area contributed by atoms with E-state index >= 15 is 0 Å². The van der Waals surface area contributed by atoms with Crippen LogP contribution in [0.5, 0.6) is 17.2 Å². The second-order valence-electron chi connectivity index (χ2n) is 5.84. The number of hydrogen-bond acceptors (Lipinski definition) is 5. The highest BCUT2D eigenvalue weighted by atomic mass is 35.5. The van der Waals surface area contributed by atoms with Crippen LogP contribution in [-0.4, -0.2) is 17.4 Å². The van der Waals surface area contributed by atoms with E-state index in [-0.39, 0.29) is 17.2 Å². The van der Waals surface area contributed by atoms with Gasteiger partial charge in [-0.25, -0.2) is 0 Å². The zero-order chi connectivity index (χ0) is 20.9. The van der Waals surface area contributed by atoms with Gasteiger partial charge in [-0.3, -0.25) is 10.1 Å². The summed E-state index contributed by atoms with van der Waals surface area (Å²) in [7, 11) is 0. The Balaban J connectivity index is 2.00. The third kappa shape index (κ3) is 6.15. The fourth-order valence-corrected chi connectivity index (χ4v) is 2.74. The van der Waals surface area contributed by atoms with Gasteiger partial charge in [0.05, 0.1) is 0 Å². The van der Waals surface area contributed by atoms with Gasteiger partial charge in [0.25, 0.3) is 0 Å². The lowest BCUT2D eigenvalue weighted by Crippen LogP contribution is -2.53. The first-order chi connectivity index (χ1) is 13.8. The minimum absolute atomic E-state index is 0.263. The molecule has 0 aromatic heterocycles. The molecule has 150 valence electrons. The Morgan fingerprint density at radius 1 is 0.655 bits per heavy atom. The van der Waals surface area contributed by atoms with E-state index in [1.807, 2.05) is 0 Å². The Kier molecular flexibility index (Phi) is 6.69. The highest BCUT2D eigenvalue weighted by Gasteiger charge is 2.45. The fourth-order valence-electron chi connectivity index (χ4n) is 2.36. The molecule has 29 heavy (non-hydrogen) atoms. The number of nitro groups is 1. The third-order valence-electron chi connectivity index (χ3n) is 3.58.